The number of aromatic nitrogens is 1. The third-order valence-electron chi connectivity index (χ3n) is 2.43. The second-order valence-electron chi connectivity index (χ2n) is 4.07. The fourth-order valence-corrected chi connectivity index (χ4v) is 1.48. The van der Waals surface area contributed by atoms with Crippen LogP contribution >= 0.6 is 0 Å². The van der Waals surface area contributed by atoms with Gasteiger partial charge in [0.15, 0.2) is 0 Å². The van der Waals surface area contributed by atoms with Crippen LogP contribution in [0.4, 0.5) is 4.79 Å². The molecule has 0 bridgehead atoms. The lowest BCUT2D eigenvalue weighted by Crippen LogP contribution is -2.48. The number of aliphatic carboxylic acids is 1. The van der Waals surface area contributed by atoms with Crippen LogP contribution in [0.5, 0.6) is 0 Å². The maximum atomic E-state index is 11.5. The molecule has 0 spiro atoms. The summed E-state index contributed by atoms with van der Waals surface area (Å²) in [6.45, 7) is 0.320. The van der Waals surface area contributed by atoms with Crippen molar-refractivity contribution in [2.75, 3.05) is 6.54 Å². The van der Waals surface area contributed by atoms with Gasteiger partial charge in [0, 0.05) is 18.9 Å². The largest absolute Gasteiger partial charge is 0.480 e. The van der Waals surface area contributed by atoms with Gasteiger partial charge in [-0.2, -0.15) is 0 Å². The highest BCUT2D eigenvalue weighted by Gasteiger charge is 2.21. The van der Waals surface area contributed by atoms with E-state index in [1.807, 2.05) is 6.07 Å². The van der Waals surface area contributed by atoms with Gasteiger partial charge in [-0.25, -0.2) is 9.59 Å². The van der Waals surface area contributed by atoms with Gasteiger partial charge in [-0.3, -0.25) is 9.78 Å². The Balaban J connectivity index is 2.35. The quantitative estimate of drug-likeness (QED) is 0.521. The van der Waals surface area contributed by atoms with E-state index in [-0.39, 0.29) is 0 Å². The smallest absolute Gasteiger partial charge is 0.326 e. The van der Waals surface area contributed by atoms with E-state index in [4.69, 9.17) is 10.8 Å². The molecule has 1 heterocycles. The second-order valence-corrected chi connectivity index (χ2v) is 4.07. The third-order valence-corrected chi connectivity index (χ3v) is 2.43. The van der Waals surface area contributed by atoms with Crippen LogP contribution in [0, 0.1) is 0 Å². The maximum Gasteiger partial charge on any atom is 0.326 e. The van der Waals surface area contributed by atoms with Gasteiger partial charge in [0.05, 0.1) is 6.42 Å². The summed E-state index contributed by atoms with van der Waals surface area (Å²) < 4.78 is 0. The Morgan fingerprint density at radius 1 is 1.40 bits per heavy atom. The lowest BCUT2D eigenvalue weighted by molar-refractivity contribution is -0.140. The zero-order chi connectivity index (χ0) is 15.0. The van der Waals surface area contributed by atoms with E-state index in [0.717, 1.165) is 5.56 Å². The van der Waals surface area contributed by atoms with Gasteiger partial charge in [0.2, 0.25) is 5.91 Å². The number of pyridine rings is 1. The van der Waals surface area contributed by atoms with Crippen molar-refractivity contribution in [3.8, 4) is 0 Å². The SMILES string of the molecule is NC(=O)C[C@H](NC(=O)NCCc1cccnc1)C(=O)O. The van der Waals surface area contributed by atoms with Gasteiger partial charge in [-0.1, -0.05) is 6.07 Å². The van der Waals surface area contributed by atoms with E-state index in [1.54, 1.807) is 18.5 Å². The van der Waals surface area contributed by atoms with Crippen molar-refractivity contribution in [2.24, 2.45) is 5.73 Å². The Labute approximate surface area is 115 Å². The predicted octanol–water partition coefficient (Wildman–Crippen LogP) is -0.748. The van der Waals surface area contributed by atoms with Gasteiger partial charge in [-0.15, -0.1) is 0 Å². The Morgan fingerprint density at radius 2 is 2.15 bits per heavy atom. The first-order valence-electron chi connectivity index (χ1n) is 5.93. The number of carbonyl (C=O) groups is 3. The second kappa shape index (κ2) is 7.72. The number of carbonyl (C=O) groups excluding carboxylic acids is 2. The first-order valence-corrected chi connectivity index (χ1v) is 5.93. The highest BCUT2D eigenvalue weighted by Crippen LogP contribution is 1.96. The molecule has 0 aliphatic carbocycles. The summed E-state index contributed by atoms with van der Waals surface area (Å²) in [5.74, 6) is -2.11. The molecule has 0 saturated heterocycles. The average Bonchev–Trinajstić information content (AvgIpc) is 2.38. The van der Waals surface area contributed by atoms with E-state index < -0.39 is 30.4 Å². The molecule has 0 aliphatic rings. The third kappa shape index (κ3) is 5.80. The molecule has 0 saturated carbocycles. The molecule has 0 radical (unpaired) electrons. The van der Waals surface area contributed by atoms with Crippen molar-refractivity contribution in [2.45, 2.75) is 18.9 Å². The summed E-state index contributed by atoms with van der Waals surface area (Å²) in [6.07, 6.45) is 3.43. The van der Waals surface area contributed by atoms with Crippen LogP contribution in [-0.2, 0) is 16.0 Å². The Morgan fingerprint density at radius 3 is 2.70 bits per heavy atom. The molecule has 1 aromatic heterocycles. The number of nitrogens with one attached hydrogen (secondary N) is 2. The molecule has 1 rings (SSSR count). The monoisotopic (exact) mass is 280 g/mol. The normalized spacial score (nSPS) is 11.4. The van der Waals surface area contributed by atoms with Crippen molar-refractivity contribution in [1.82, 2.24) is 15.6 Å². The van der Waals surface area contributed by atoms with E-state index >= 15 is 0 Å². The lowest BCUT2D eigenvalue weighted by Gasteiger charge is -2.13. The molecule has 1 atom stereocenters. The standard InChI is InChI=1S/C12H16N4O4/c13-10(17)6-9(11(18)19)16-12(20)15-5-3-8-2-1-4-14-7-8/h1-2,4,7,9H,3,5-6H2,(H2,13,17)(H,18,19)(H2,15,16,20)/t9-/m0/s1. The molecule has 0 aliphatic heterocycles. The van der Waals surface area contributed by atoms with Crippen LogP contribution in [-0.4, -0.2) is 40.6 Å². The molecule has 8 nitrogen and oxygen atoms in total. The van der Waals surface area contributed by atoms with Crippen LogP contribution < -0.4 is 16.4 Å². The van der Waals surface area contributed by atoms with E-state index in [9.17, 15) is 14.4 Å². The number of nitrogens with two attached hydrogens (primary N) is 1. The number of rotatable bonds is 7. The van der Waals surface area contributed by atoms with Crippen molar-refractivity contribution >= 4 is 17.9 Å². The number of primary amides is 1. The summed E-state index contributed by atoms with van der Waals surface area (Å²) in [4.78, 5) is 36.9. The predicted molar refractivity (Wildman–Crippen MR) is 69.7 cm³/mol. The van der Waals surface area contributed by atoms with Crippen molar-refractivity contribution in [1.29, 1.82) is 0 Å². The van der Waals surface area contributed by atoms with Gasteiger partial charge >= 0.3 is 12.0 Å². The van der Waals surface area contributed by atoms with Crippen LogP contribution in [0.3, 0.4) is 0 Å². The summed E-state index contributed by atoms with van der Waals surface area (Å²) in [5.41, 5.74) is 5.85. The first kappa shape index (κ1) is 15.4. The summed E-state index contributed by atoms with van der Waals surface area (Å²) in [6, 6.07) is 1.65. The molecule has 108 valence electrons. The zero-order valence-electron chi connectivity index (χ0n) is 10.7. The minimum absolute atomic E-state index is 0.320. The van der Waals surface area contributed by atoms with Crippen LogP contribution in [0.25, 0.3) is 0 Å². The molecule has 20 heavy (non-hydrogen) atoms. The molecule has 3 amide bonds. The van der Waals surface area contributed by atoms with Gasteiger partial charge < -0.3 is 21.5 Å². The molecular weight excluding hydrogens is 264 g/mol. The number of urea groups is 1. The topological polar surface area (TPSA) is 134 Å². The van der Waals surface area contributed by atoms with E-state index in [2.05, 4.69) is 15.6 Å². The highest BCUT2D eigenvalue weighted by atomic mass is 16.4. The fourth-order valence-electron chi connectivity index (χ4n) is 1.48. The minimum atomic E-state index is -1.33. The van der Waals surface area contributed by atoms with Crippen LogP contribution in [0.1, 0.15) is 12.0 Å². The Bertz CT molecular complexity index is 478. The molecule has 5 N–H and O–H groups in total. The summed E-state index contributed by atoms with van der Waals surface area (Å²) in [5, 5.41) is 13.5. The number of hydrogen-bond donors (Lipinski definition) is 4. The van der Waals surface area contributed by atoms with Crippen LogP contribution in [0.2, 0.25) is 0 Å². The number of carboxylic acids is 1. The van der Waals surface area contributed by atoms with Gasteiger partial charge in [0.1, 0.15) is 6.04 Å². The van der Waals surface area contributed by atoms with E-state index in [0.29, 0.717) is 13.0 Å². The lowest BCUT2D eigenvalue weighted by atomic mass is 10.2. The molecule has 8 heteroatoms. The minimum Gasteiger partial charge on any atom is -0.480 e. The summed E-state index contributed by atoms with van der Waals surface area (Å²) >= 11 is 0. The molecular formula is C12H16N4O4. The molecule has 0 aromatic carbocycles. The number of carboxylic acid groups (broad SMARTS) is 1. The molecule has 0 unspecified atom stereocenters. The number of nitrogens with zero attached hydrogens (tertiary/aromatic N) is 1. The maximum absolute atomic E-state index is 11.5. The highest BCUT2D eigenvalue weighted by molar-refractivity contribution is 5.87. The average molecular weight is 280 g/mol. The van der Waals surface area contributed by atoms with Gasteiger partial charge in [-0.05, 0) is 18.1 Å². The number of hydrogen-bond acceptors (Lipinski definition) is 4. The molecule has 1 aromatic rings. The summed E-state index contributed by atoms with van der Waals surface area (Å²) in [7, 11) is 0. The van der Waals surface area contributed by atoms with Crippen molar-refractivity contribution in [3.05, 3.63) is 30.1 Å². The van der Waals surface area contributed by atoms with E-state index in [1.165, 1.54) is 0 Å². The Kier molecular flexibility index (Phi) is 5.95. The first-order chi connectivity index (χ1) is 9.49. The molecule has 0 fully saturated rings. The Hall–Kier alpha value is -2.64. The van der Waals surface area contributed by atoms with Crippen LogP contribution in [0.15, 0.2) is 24.5 Å². The van der Waals surface area contributed by atoms with Crippen molar-refractivity contribution < 1.29 is 19.5 Å². The fraction of sp³-hybridized carbons (Fsp3) is 0.333. The van der Waals surface area contributed by atoms with Crippen molar-refractivity contribution in [3.63, 3.8) is 0 Å². The number of amides is 3. The zero-order valence-corrected chi connectivity index (χ0v) is 10.7. The van der Waals surface area contributed by atoms with Gasteiger partial charge in [0.25, 0.3) is 0 Å².